The summed E-state index contributed by atoms with van der Waals surface area (Å²) >= 11 is 2.79. The normalized spacial score (nSPS) is 11.1. The van der Waals surface area contributed by atoms with Gasteiger partial charge in [-0.1, -0.05) is 26.2 Å². The van der Waals surface area contributed by atoms with Crippen LogP contribution in [0.5, 0.6) is 11.5 Å². The third-order valence-electron chi connectivity index (χ3n) is 3.15. The number of unbranched alkanes of at least 4 members (excludes halogenated alkanes) is 3. The molecule has 0 spiro atoms. The molecule has 0 bridgehead atoms. The molecule has 0 amide bonds. The molecular formula is C14H16BrF3O3. The van der Waals surface area contributed by atoms with Crippen molar-refractivity contribution in [3.8, 4) is 11.5 Å². The van der Waals surface area contributed by atoms with Crippen LogP contribution in [0.1, 0.15) is 48.5 Å². The second-order valence-corrected chi connectivity index (χ2v) is 5.45. The maximum absolute atomic E-state index is 14.2. The minimum absolute atomic E-state index is 0.0973. The largest absolute Gasteiger partial charge is 0.506 e. The van der Waals surface area contributed by atoms with Crippen molar-refractivity contribution in [2.45, 2.75) is 45.5 Å². The monoisotopic (exact) mass is 368 g/mol. The van der Waals surface area contributed by atoms with Crippen molar-refractivity contribution in [3.63, 3.8) is 0 Å². The molecule has 0 heterocycles. The van der Waals surface area contributed by atoms with Gasteiger partial charge in [0.15, 0.2) is 0 Å². The third kappa shape index (κ3) is 3.90. The molecule has 3 nitrogen and oxygen atoms in total. The van der Waals surface area contributed by atoms with Crippen molar-refractivity contribution in [1.82, 2.24) is 0 Å². The highest BCUT2D eigenvalue weighted by Gasteiger charge is 2.31. The van der Waals surface area contributed by atoms with Crippen molar-refractivity contribution in [2.24, 2.45) is 0 Å². The van der Waals surface area contributed by atoms with E-state index in [9.17, 15) is 28.2 Å². The van der Waals surface area contributed by atoms with E-state index in [0.29, 0.717) is 6.42 Å². The quantitative estimate of drug-likeness (QED) is 0.547. The van der Waals surface area contributed by atoms with E-state index < -0.39 is 35.1 Å². The van der Waals surface area contributed by atoms with Crippen molar-refractivity contribution >= 4 is 21.7 Å². The summed E-state index contributed by atoms with van der Waals surface area (Å²) in [6, 6.07) is 0. The molecule has 0 unspecified atom stereocenters. The van der Waals surface area contributed by atoms with Gasteiger partial charge in [0, 0.05) is 5.56 Å². The van der Waals surface area contributed by atoms with E-state index in [1.165, 1.54) is 0 Å². The van der Waals surface area contributed by atoms with Gasteiger partial charge in [-0.2, -0.15) is 0 Å². The first kappa shape index (κ1) is 17.8. The SMILES string of the molecule is CCCCCCc1c(O)c(Br)c(O)c(C(=O)C(F)F)c1F. The molecule has 0 fully saturated rings. The first-order valence-electron chi connectivity index (χ1n) is 6.57. The van der Waals surface area contributed by atoms with E-state index in [4.69, 9.17) is 0 Å². The minimum Gasteiger partial charge on any atom is -0.506 e. The molecule has 0 saturated carbocycles. The molecule has 0 saturated heterocycles. The van der Waals surface area contributed by atoms with Crippen LogP contribution >= 0.6 is 15.9 Å². The number of hydrogen-bond acceptors (Lipinski definition) is 3. The summed E-state index contributed by atoms with van der Waals surface area (Å²) in [5, 5.41) is 19.4. The van der Waals surface area contributed by atoms with Crippen LogP contribution < -0.4 is 0 Å². The molecule has 2 N–H and O–H groups in total. The van der Waals surface area contributed by atoms with Gasteiger partial charge in [-0.3, -0.25) is 4.79 Å². The Hall–Kier alpha value is -1.24. The van der Waals surface area contributed by atoms with E-state index in [-0.39, 0.29) is 16.5 Å². The Morgan fingerprint density at radius 2 is 1.81 bits per heavy atom. The maximum Gasteiger partial charge on any atom is 0.300 e. The number of alkyl halides is 2. The molecule has 0 aliphatic carbocycles. The smallest absolute Gasteiger partial charge is 0.300 e. The van der Waals surface area contributed by atoms with E-state index in [1.54, 1.807) is 0 Å². The molecule has 118 valence electrons. The molecule has 1 aromatic carbocycles. The van der Waals surface area contributed by atoms with Gasteiger partial charge in [0.25, 0.3) is 0 Å². The number of benzene rings is 1. The number of halogens is 4. The van der Waals surface area contributed by atoms with E-state index in [2.05, 4.69) is 15.9 Å². The molecule has 1 rings (SSSR count). The predicted octanol–water partition coefficient (Wildman–Crippen LogP) is 4.57. The van der Waals surface area contributed by atoms with E-state index in [0.717, 1.165) is 19.3 Å². The second kappa shape index (κ2) is 7.68. The fourth-order valence-corrected chi connectivity index (χ4v) is 2.44. The van der Waals surface area contributed by atoms with E-state index >= 15 is 0 Å². The zero-order chi connectivity index (χ0) is 16.2. The Bertz CT molecular complexity index is 533. The molecule has 21 heavy (non-hydrogen) atoms. The average Bonchev–Trinajstić information content (AvgIpc) is 2.44. The second-order valence-electron chi connectivity index (χ2n) is 4.65. The third-order valence-corrected chi connectivity index (χ3v) is 3.90. The van der Waals surface area contributed by atoms with Crippen LogP contribution in [0, 0.1) is 5.82 Å². The average molecular weight is 369 g/mol. The molecule has 0 aromatic heterocycles. The Kier molecular flexibility index (Phi) is 6.51. The molecule has 0 aliphatic rings. The predicted molar refractivity (Wildman–Crippen MR) is 75.6 cm³/mol. The Labute approximate surface area is 128 Å². The fourth-order valence-electron chi connectivity index (χ4n) is 2.00. The lowest BCUT2D eigenvalue weighted by Crippen LogP contribution is -2.14. The van der Waals surface area contributed by atoms with Gasteiger partial charge >= 0.3 is 6.43 Å². The molecule has 7 heteroatoms. The van der Waals surface area contributed by atoms with Crippen LogP contribution in [0.4, 0.5) is 13.2 Å². The lowest BCUT2D eigenvalue weighted by atomic mass is 9.99. The number of Topliss-reactive ketones (excluding diaryl/α,β-unsaturated/α-hetero) is 1. The summed E-state index contributed by atoms with van der Waals surface area (Å²) < 4.78 is 38.8. The molecule has 1 aromatic rings. The number of phenolic OH excluding ortho intramolecular Hbond substituents is 2. The number of ketones is 1. The molecular weight excluding hydrogens is 353 g/mol. The Morgan fingerprint density at radius 3 is 2.33 bits per heavy atom. The van der Waals surface area contributed by atoms with Crippen LogP contribution in [-0.2, 0) is 6.42 Å². The van der Waals surface area contributed by atoms with Crippen LogP contribution in [-0.4, -0.2) is 22.4 Å². The molecule has 0 atom stereocenters. The first-order chi connectivity index (χ1) is 9.82. The van der Waals surface area contributed by atoms with Gasteiger partial charge in [0.05, 0.1) is 0 Å². The van der Waals surface area contributed by atoms with Crippen LogP contribution in [0.25, 0.3) is 0 Å². The summed E-state index contributed by atoms with van der Waals surface area (Å²) in [6.07, 6.45) is -0.133. The number of carbonyl (C=O) groups is 1. The van der Waals surface area contributed by atoms with E-state index in [1.807, 2.05) is 6.92 Å². The highest BCUT2D eigenvalue weighted by molar-refractivity contribution is 9.10. The zero-order valence-electron chi connectivity index (χ0n) is 11.4. The van der Waals surface area contributed by atoms with Crippen molar-refractivity contribution in [1.29, 1.82) is 0 Å². The lowest BCUT2D eigenvalue weighted by Gasteiger charge is -2.14. The minimum atomic E-state index is -3.44. The van der Waals surface area contributed by atoms with Crippen molar-refractivity contribution in [2.75, 3.05) is 0 Å². The van der Waals surface area contributed by atoms with Crippen LogP contribution in [0.3, 0.4) is 0 Å². The summed E-state index contributed by atoms with van der Waals surface area (Å²) in [4.78, 5) is 11.3. The topological polar surface area (TPSA) is 57.5 Å². The number of hydrogen-bond donors (Lipinski definition) is 2. The number of rotatable bonds is 7. The number of phenols is 2. The zero-order valence-corrected chi connectivity index (χ0v) is 13.0. The standard InChI is InChI=1S/C14H16BrF3O3/c1-2-3-4-5-6-7-10(16)8(13(21)14(17)18)12(20)9(15)11(7)19/h14,19-20H,2-6H2,1H3. The highest BCUT2D eigenvalue weighted by atomic mass is 79.9. The first-order valence-corrected chi connectivity index (χ1v) is 7.36. The fraction of sp³-hybridized carbons (Fsp3) is 0.500. The van der Waals surface area contributed by atoms with Gasteiger partial charge in [-0.05, 0) is 28.8 Å². The van der Waals surface area contributed by atoms with Crippen molar-refractivity contribution in [3.05, 3.63) is 21.4 Å². The summed E-state index contributed by atoms with van der Waals surface area (Å²) in [5.74, 6) is -4.66. The van der Waals surface area contributed by atoms with Gasteiger partial charge in [0.1, 0.15) is 27.4 Å². The van der Waals surface area contributed by atoms with Gasteiger partial charge in [-0.25, -0.2) is 13.2 Å². The summed E-state index contributed by atoms with van der Waals surface area (Å²) in [5.41, 5.74) is -1.32. The van der Waals surface area contributed by atoms with Gasteiger partial charge in [0.2, 0.25) is 5.78 Å². The van der Waals surface area contributed by atoms with Crippen molar-refractivity contribution < 1.29 is 28.2 Å². The number of carbonyl (C=O) groups excluding carboxylic acids is 1. The molecule has 0 radical (unpaired) electrons. The van der Waals surface area contributed by atoms with Crippen LogP contribution in [0.2, 0.25) is 0 Å². The maximum atomic E-state index is 14.2. The highest BCUT2D eigenvalue weighted by Crippen LogP contribution is 2.42. The summed E-state index contributed by atoms with van der Waals surface area (Å²) in [6.45, 7) is 1.99. The van der Waals surface area contributed by atoms with Gasteiger partial charge < -0.3 is 10.2 Å². The Morgan fingerprint density at radius 1 is 1.19 bits per heavy atom. The Balaban J connectivity index is 3.22. The van der Waals surface area contributed by atoms with Crippen LogP contribution in [0.15, 0.2) is 4.47 Å². The van der Waals surface area contributed by atoms with Gasteiger partial charge in [-0.15, -0.1) is 0 Å². The summed E-state index contributed by atoms with van der Waals surface area (Å²) in [7, 11) is 0. The number of aromatic hydroxyl groups is 2. The lowest BCUT2D eigenvalue weighted by molar-refractivity contribution is 0.0670. The molecule has 0 aliphatic heterocycles.